The Bertz CT molecular complexity index is 569. The van der Waals surface area contributed by atoms with E-state index in [-0.39, 0.29) is 5.91 Å². The van der Waals surface area contributed by atoms with Crippen LogP contribution in [0.1, 0.15) is 20.3 Å². The average molecular weight is 314 g/mol. The molecule has 1 unspecified atom stereocenters. The van der Waals surface area contributed by atoms with E-state index < -0.39 is 16.1 Å². The first-order valence-electron chi connectivity index (χ1n) is 6.77. The van der Waals surface area contributed by atoms with Crippen molar-refractivity contribution in [1.82, 2.24) is 5.32 Å². The van der Waals surface area contributed by atoms with Gasteiger partial charge in [-0.3, -0.25) is 9.10 Å². The summed E-state index contributed by atoms with van der Waals surface area (Å²) in [5.74, 6) is 0.371. The van der Waals surface area contributed by atoms with E-state index in [1.54, 1.807) is 24.3 Å². The zero-order valence-corrected chi connectivity index (χ0v) is 13.6. The van der Waals surface area contributed by atoms with Crippen LogP contribution >= 0.6 is 0 Å². The van der Waals surface area contributed by atoms with Crippen molar-refractivity contribution in [3.05, 3.63) is 24.3 Å². The van der Waals surface area contributed by atoms with Crippen molar-refractivity contribution in [1.29, 1.82) is 0 Å². The maximum absolute atomic E-state index is 11.8. The number of nitrogens with zero attached hydrogens (tertiary/aromatic N) is 1. The van der Waals surface area contributed by atoms with E-state index in [0.717, 1.165) is 6.26 Å². The second-order valence-corrected chi connectivity index (χ2v) is 6.65. The predicted molar refractivity (Wildman–Crippen MR) is 83.1 cm³/mol. The number of rotatable bonds is 7. The third kappa shape index (κ3) is 4.93. The highest BCUT2D eigenvalue weighted by Gasteiger charge is 2.18. The van der Waals surface area contributed by atoms with Crippen LogP contribution in [-0.2, 0) is 14.8 Å². The highest BCUT2D eigenvalue weighted by atomic mass is 32.2. The van der Waals surface area contributed by atoms with Crippen LogP contribution in [0.5, 0.6) is 5.75 Å². The van der Waals surface area contributed by atoms with E-state index in [0.29, 0.717) is 24.4 Å². The van der Waals surface area contributed by atoms with E-state index in [9.17, 15) is 13.2 Å². The molecule has 1 N–H and O–H groups in total. The van der Waals surface area contributed by atoms with Gasteiger partial charge in [-0.25, -0.2) is 8.42 Å². The van der Waals surface area contributed by atoms with Gasteiger partial charge in [0.2, 0.25) is 10.0 Å². The Balaban J connectivity index is 2.81. The lowest BCUT2D eigenvalue weighted by atomic mass is 10.2. The number of carbonyl (C=O) groups is 1. The van der Waals surface area contributed by atoms with E-state index in [1.165, 1.54) is 11.4 Å². The van der Waals surface area contributed by atoms with Gasteiger partial charge in [0.25, 0.3) is 5.91 Å². The van der Waals surface area contributed by atoms with Crippen LogP contribution in [0.25, 0.3) is 0 Å². The van der Waals surface area contributed by atoms with Crippen LogP contribution in [0.15, 0.2) is 24.3 Å². The number of carbonyl (C=O) groups excluding carboxylic acids is 1. The van der Waals surface area contributed by atoms with Crippen LogP contribution in [0, 0.1) is 0 Å². The summed E-state index contributed by atoms with van der Waals surface area (Å²) in [5, 5.41) is 2.71. The fraction of sp³-hybridized carbons (Fsp3) is 0.500. The molecule has 118 valence electrons. The van der Waals surface area contributed by atoms with Gasteiger partial charge in [0.05, 0.1) is 11.9 Å². The second-order valence-electron chi connectivity index (χ2n) is 4.63. The molecule has 0 heterocycles. The van der Waals surface area contributed by atoms with Gasteiger partial charge in [-0.05, 0) is 37.6 Å². The number of hydrogen-bond acceptors (Lipinski definition) is 4. The highest BCUT2D eigenvalue weighted by molar-refractivity contribution is 7.92. The number of amides is 1. The summed E-state index contributed by atoms with van der Waals surface area (Å²) >= 11 is 0. The third-order valence-electron chi connectivity index (χ3n) is 2.99. The third-order valence-corrected chi connectivity index (χ3v) is 4.20. The molecule has 0 spiro atoms. The van der Waals surface area contributed by atoms with E-state index in [2.05, 4.69) is 5.32 Å². The molecule has 0 aliphatic heterocycles. The largest absolute Gasteiger partial charge is 0.481 e. The molecule has 6 nitrogen and oxygen atoms in total. The number of benzene rings is 1. The molecular weight excluding hydrogens is 292 g/mol. The van der Waals surface area contributed by atoms with Gasteiger partial charge in [-0.1, -0.05) is 6.92 Å². The molecule has 1 atom stereocenters. The first-order chi connectivity index (χ1) is 9.79. The Labute approximate surface area is 126 Å². The molecule has 1 aromatic carbocycles. The molecule has 0 aliphatic rings. The van der Waals surface area contributed by atoms with Crippen molar-refractivity contribution >= 4 is 21.6 Å². The quantitative estimate of drug-likeness (QED) is 0.825. The van der Waals surface area contributed by atoms with Crippen molar-refractivity contribution in [3.8, 4) is 5.75 Å². The van der Waals surface area contributed by atoms with Crippen LogP contribution in [0.3, 0.4) is 0 Å². The van der Waals surface area contributed by atoms with Crippen molar-refractivity contribution in [2.75, 3.05) is 24.2 Å². The lowest BCUT2D eigenvalue weighted by Gasteiger charge is -2.19. The first-order valence-corrected chi connectivity index (χ1v) is 8.62. The maximum Gasteiger partial charge on any atom is 0.261 e. The summed E-state index contributed by atoms with van der Waals surface area (Å²) < 4.78 is 29.7. The summed E-state index contributed by atoms with van der Waals surface area (Å²) in [7, 11) is -1.81. The Kier molecular flexibility index (Phi) is 6.02. The van der Waals surface area contributed by atoms with Gasteiger partial charge >= 0.3 is 0 Å². The molecule has 0 aliphatic carbocycles. The summed E-state index contributed by atoms with van der Waals surface area (Å²) in [4.78, 5) is 11.8. The van der Waals surface area contributed by atoms with Crippen molar-refractivity contribution in [2.45, 2.75) is 26.4 Å². The Morgan fingerprint density at radius 3 is 2.29 bits per heavy atom. The van der Waals surface area contributed by atoms with E-state index >= 15 is 0 Å². The van der Waals surface area contributed by atoms with Gasteiger partial charge < -0.3 is 10.1 Å². The molecule has 0 radical (unpaired) electrons. The average Bonchev–Trinajstić information content (AvgIpc) is 2.43. The number of nitrogens with one attached hydrogen (secondary N) is 1. The predicted octanol–water partition coefficient (Wildman–Crippen LogP) is 1.38. The minimum atomic E-state index is -3.29. The zero-order valence-electron chi connectivity index (χ0n) is 12.8. The molecule has 0 bridgehead atoms. The minimum absolute atomic E-state index is 0.155. The van der Waals surface area contributed by atoms with Gasteiger partial charge in [-0.2, -0.15) is 0 Å². The van der Waals surface area contributed by atoms with Crippen molar-refractivity contribution in [2.24, 2.45) is 0 Å². The molecule has 0 saturated carbocycles. The van der Waals surface area contributed by atoms with Crippen molar-refractivity contribution in [3.63, 3.8) is 0 Å². The molecule has 0 aromatic heterocycles. The van der Waals surface area contributed by atoms with E-state index in [1.807, 2.05) is 13.8 Å². The standard InChI is InChI=1S/C14H22N2O4S/c1-5-13(14(17)15-6-2)20-12-9-7-11(8-10-12)16(3)21(4,18)19/h7-10,13H,5-6H2,1-4H3,(H,15,17). The first kappa shape index (κ1) is 17.3. The van der Waals surface area contributed by atoms with Crippen LogP contribution in [0.4, 0.5) is 5.69 Å². The molecule has 0 fully saturated rings. The maximum atomic E-state index is 11.8. The lowest BCUT2D eigenvalue weighted by Crippen LogP contribution is -2.37. The van der Waals surface area contributed by atoms with E-state index in [4.69, 9.17) is 4.74 Å². The van der Waals surface area contributed by atoms with Gasteiger partial charge in [0.1, 0.15) is 5.75 Å². The Morgan fingerprint density at radius 1 is 1.29 bits per heavy atom. The summed E-state index contributed by atoms with van der Waals surface area (Å²) in [6.07, 6.45) is 1.14. The number of ether oxygens (including phenoxy) is 1. The topological polar surface area (TPSA) is 75.7 Å². The number of likely N-dealkylation sites (N-methyl/N-ethyl adjacent to an activating group) is 1. The monoisotopic (exact) mass is 314 g/mol. The SMILES string of the molecule is CCNC(=O)C(CC)Oc1ccc(N(C)S(C)(=O)=O)cc1. The number of sulfonamides is 1. The fourth-order valence-electron chi connectivity index (χ4n) is 1.70. The van der Waals surface area contributed by atoms with Crippen LogP contribution in [-0.4, -0.2) is 40.3 Å². The molecule has 7 heteroatoms. The number of hydrogen-bond donors (Lipinski definition) is 1. The smallest absolute Gasteiger partial charge is 0.261 e. The Hall–Kier alpha value is -1.76. The lowest BCUT2D eigenvalue weighted by molar-refractivity contribution is -0.128. The van der Waals surface area contributed by atoms with Gasteiger partial charge in [0, 0.05) is 13.6 Å². The van der Waals surface area contributed by atoms with Gasteiger partial charge in [0.15, 0.2) is 6.10 Å². The molecule has 21 heavy (non-hydrogen) atoms. The minimum Gasteiger partial charge on any atom is -0.481 e. The second kappa shape index (κ2) is 7.31. The molecule has 1 rings (SSSR count). The zero-order chi connectivity index (χ0) is 16.0. The fourth-order valence-corrected chi connectivity index (χ4v) is 2.21. The molecule has 1 aromatic rings. The molecule has 0 saturated heterocycles. The van der Waals surface area contributed by atoms with Gasteiger partial charge in [-0.15, -0.1) is 0 Å². The molecule has 1 amide bonds. The Morgan fingerprint density at radius 2 is 1.86 bits per heavy atom. The van der Waals surface area contributed by atoms with Crippen molar-refractivity contribution < 1.29 is 17.9 Å². The molecular formula is C14H22N2O4S. The summed E-state index contributed by atoms with van der Waals surface area (Å²) in [6, 6.07) is 6.58. The summed E-state index contributed by atoms with van der Waals surface area (Å²) in [5.41, 5.74) is 0.538. The number of anilines is 1. The normalized spacial score (nSPS) is 12.6. The summed E-state index contributed by atoms with van der Waals surface area (Å²) in [6.45, 7) is 4.27. The highest BCUT2D eigenvalue weighted by Crippen LogP contribution is 2.21. The van der Waals surface area contributed by atoms with Crippen LogP contribution < -0.4 is 14.4 Å². The van der Waals surface area contributed by atoms with Crippen LogP contribution in [0.2, 0.25) is 0 Å².